The fraction of sp³-hybridized carbons (Fsp3) is 0.130. The van der Waals surface area contributed by atoms with Gasteiger partial charge in [-0.1, -0.05) is 42.4 Å². The molecule has 150 valence electrons. The number of nitrogens with zero attached hydrogens (tertiary/aromatic N) is 1. The van der Waals surface area contributed by atoms with Crippen molar-refractivity contribution in [1.29, 1.82) is 0 Å². The molecule has 0 aliphatic rings. The molecule has 0 radical (unpaired) electrons. The second-order valence-electron chi connectivity index (χ2n) is 6.02. The predicted octanol–water partition coefficient (Wildman–Crippen LogP) is 5.15. The van der Waals surface area contributed by atoms with Crippen molar-refractivity contribution in [3.05, 3.63) is 101 Å². The van der Waals surface area contributed by atoms with Crippen molar-refractivity contribution in [2.75, 3.05) is 7.11 Å². The van der Waals surface area contributed by atoms with Gasteiger partial charge in [-0.25, -0.2) is 0 Å². The normalized spacial score (nSPS) is 11.0. The van der Waals surface area contributed by atoms with Crippen molar-refractivity contribution in [1.82, 2.24) is 4.98 Å². The topological polar surface area (TPSA) is 68.7 Å². The highest BCUT2D eigenvalue weighted by Crippen LogP contribution is 2.24. The Labute approximate surface area is 175 Å². The predicted molar refractivity (Wildman–Crippen MR) is 113 cm³/mol. The number of aldehydes is 1. The second-order valence-corrected chi connectivity index (χ2v) is 6.45. The molecule has 0 amide bonds. The zero-order valence-electron chi connectivity index (χ0n) is 16.0. The van der Waals surface area contributed by atoms with Gasteiger partial charge in [0, 0.05) is 35.7 Å². The van der Waals surface area contributed by atoms with E-state index in [1.807, 2.05) is 42.5 Å². The van der Waals surface area contributed by atoms with E-state index in [1.54, 1.807) is 31.5 Å². The fourth-order valence-electron chi connectivity index (χ4n) is 2.30. The number of hydrogen-bond donors (Lipinski definition) is 1. The molecule has 0 bridgehead atoms. The smallest absolute Gasteiger partial charge is 0.148 e. The van der Waals surface area contributed by atoms with E-state index in [-0.39, 0.29) is 5.57 Å². The van der Waals surface area contributed by atoms with E-state index in [9.17, 15) is 9.90 Å². The molecule has 0 saturated heterocycles. The highest BCUT2D eigenvalue weighted by molar-refractivity contribution is 6.30. The van der Waals surface area contributed by atoms with Gasteiger partial charge >= 0.3 is 0 Å². The van der Waals surface area contributed by atoms with E-state index >= 15 is 0 Å². The number of carbonyl (C=O) groups excluding carboxylic acids is 1. The molecule has 29 heavy (non-hydrogen) atoms. The standard InChI is InChI=1S/C14H13ClO2.C9H9NO2/c1-16-10-11-5-7-13(8-6-11)17-14-4-2-3-12(15)9-14;1-7(6-11)9(12)8-3-2-4-10-5-8/h2-9H,10H2,1H3;2-6,9,12H,1H2. The average molecular weight is 412 g/mol. The molecule has 1 N–H and O–H groups in total. The molecular formula is C23H22ClNO4. The maximum Gasteiger partial charge on any atom is 0.148 e. The molecule has 1 aromatic heterocycles. The summed E-state index contributed by atoms with van der Waals surface area (Å²) in [6, 6.07) is 18.5. The van der Waals surface area contributed by atoms with E-state index in [0.717, 1.165) is 17.1 Å². The number of aliphatic hydroxyl groups excluding tert-OH is 1. The van der Waals surface area contributed by atoms with Gasteiger partial charge in [-0.15, -0.1) is 0 Å². The Morgan fingerprint density at radius 2 is 1.93 bits per heavy atom. The third-order valence-electron chi connectivity index (χ3n) is 3.77. The number of benzene rings is 2. The molecule has 0 aliphatic carbocycles. The lowest BCUT2D eigenvalue weighted by atomic mass is 10.1. The first-order valence-electron chi connectivity index (χ1n) is 8.76. The Hall–Kier alpha value is -2.99. The van der Waals surface area contributed by atoms with Crippen LogP contribution in [0.1, 0.15) is 17.2 Å². The van der Waals surface area contributed by atoms with E-state index in [1.165, 1.54) is 6.20 Å². The van der Waals surface area contributed by atoms with Gasteiger partial charge in [0.15, 0.2) is 0 Å². The minimum absolute atomic E-state index is 0.142. The van der Waals surface area contributed by atoms with E-state index in [2.05, 4.69) is 11.6 Å². The summed E-state index contributed by atoms with van der Waals surface area (Å²) >= 11 is 5.88. The van der Waals surface area contributed by atoms with Crippen molar-refractivity contribution >= 4 is 17.9 Å². The number of pyridine rings is 1. The number of carbonyl (C=O) groups is 1. The van der Waals surface area contributed by atoms with Crippen LogP contribution < -0.4 is 4.74 Å². The van der Waals surface area contributed by atoms with E-state index in [4.69, 9.17) is 21.1 Å². The Bertz CT molecular complexity index is 914. The largest absolute Gasteiger partial charge is 0.457 e. The molecule has 0 spiro atoms. The summed E-state index contributed by atoms with van der Waals surface area (Å²) < 4.78 is 10.7. The van der Waals surface area contributed by atoms with E-state index < -0.39 is 6.10 Å². The van der Waals surface area contributed by atoms with Crippen molar-refractivity contribution in [2.45, 2.75) is 12.7 Å². The van der Waals surface area contributed by atoms with Crippen molar-refractivity contribution < 1.29 is 19.4 Å². The van der Waals surface area contributed by atoms with Crippen LogP contribution in [0.3, 0.4) is 0 Å². The summed E-state index contributed by atoms with van der Waals surface area (Å²) in [6.45, 7) is 4.01. The molecule has 1 heterocycles. The van der Waals surface area contributed by atoms with Crippen molar-refractivity contribution in [3.63, 3.8) is 0 Å². The summed E-state index contributed by atoms with van der Waals surface area (Å²) in [7, 11) is 1.68. The first kappa shape index (κ1) is 22.3. The lowest BCUT2D eigenvalue weighted by molar-refractivity contribution is -0.105. The van der Waals surface area contributed by atoms with Gasteiger partial charge in [-0.05, 0) is 42.0 Å². The number of aliphatic hydroxyl groups is 1. The molecule has 5 nitrogen and oxygen atoms in total. The van der Waals surface area contributed by atoms with Crippen LogP contribution in [-0.4, -0.2) is 23.5 Å². The summed E-state index contributed by atoms with van der Waals surface area (Å²) in [5.41, 5.74) is 1.84. The molecule has 0 aliphatic heterocycles. The van der Waals surface area contributed by atoms with Gasteiger partial charge in [-0.2, -0.15) is 0 Å². The maximum atomic E-state index is 10.2. The van der Waals surface area contributed by atoms with Crippen LogP contribution in [0.15, 0.2) is 85.2 Å². The number of ether oxygens (including phenoxy) is 2. The summed E-state index contributed by atoms with van der Waals surface area (Å²) in [5, 5.41) is 10.1. The van der Waals surface area contributed by atoms with Crippen LogP contribution in [0.4, 0.5) is 0 Å². The highest BCUT2D eigenvalue weighted by Gasteiger charge is 2.09. The molecule has 6 heteroatoms. The summed E-state index contributed by atoms with van der Waals surface area (Å²) in [4.78, 5) is 14.0. The molecule has 1 unspecified atom stereocenters. The minimum Gasteiger partial charge on any atom is -0.457 e. The summed E-state index contributed by atoms with van der Waals surface area (Å²) in [5.74, 6) is 1.52. The maximum absolute atomic E-state index is 10.2. The number of rotatable bonds is 7. The van der Waals surface area contributed by atoms with Crippen LogP contribution in [0.5, 0.6) is 11.5 Å². The van der Waals surface area contributed by atoms with Gasteiger partial charge in [0.2, 0.25) is 0 Å². The van der Waals surface area contributed by atoms with Crippen molar-refractivity contribution in [2.24, 2.45) is 0 Å². The van der Waals surface area contributed by atoms with Gasteiger partial charge in [0.1, 0.15) is 23.9 Å². The third kappa shape index (κ3) is 7.50. The third-order valence-corrected chi connectivity index (χ3v) is 4.00. The van der Waals surface area contributed by atoms with E-state index in [0.29, 0.717) is 23.5 Å². The zero-order chi connectivity index (χ0) is 21.1. The molecule has 0 fully saturated rings. The van der Waals surface area contributed by atoms with Crippen LogP contribution in [0.2, 0.25) is 5.02 Å². The molecule has 3 aromatic rings. The first-order valence-corrected chi connectivity index (χ1v) is 9.14. The van der Waals surface area contributed by atoms with Gasteiger partial charge < -0.3 is 14.6 Å². The number of halogens is 1. The van der Waals surface area contributed by atoms with Gasteiger partial charge in [0.05, 0.1) is 6.61 Å². The Morgan fingerprint density at radius 3 is 2.52 bits per heavy atom. The lowest BCUT2D eigenvalue weighted by Gasteiger charge is -2.07. The number of aromatic nitrogens is 1. The molecule has 2 aromatic carbocycles. The van der Waals surface area contributed by atoms with Crippen LogP contribution in [0, 0.1) is 0 Å². The molecule has 1 atom stereocenters. The molecular weight excluding hydrogens is 390 g/mol. The Balaban J connectivity index is 0.000000221. The quantitative estimate of drug-likeness (QED) is 0.430. The van der Waals surface area contributed by atoms with Crippen LogP contribution in [0.25, 0.3) is 0 Å². The lowest BCUT2D eigenvalue weighted by Crippen LogP contribution is -2.01. The van der Waals surface area contributed by atoms with Crippen LogP contribution >= 0.6 is 11.6 Å². The Morgan fingerprint density at radius 1 is 1.17 bits per heavy atom. The van der Waals surface area contributed by atoms with Gasteiger partial charge in [-0.3, -0.25) is 9.78 Å². The number of hydrogen-bond acceptors (Lipinski definition) is 5. The zero-order valence-corrected chi connectivity index (χ0v) is 16.8. The monoisotopic (exact) mass is 411 g/mol. The Kier molecular flexibility index (Phi) is 9.05. The first-order chi connectivity index (χ1) is 14.0. The summed E-state index contributed by atoms with van der Waals surface area (Å²) in [6.07, 6.45) is 2.70. The minimum atomic E-state index is -0.934. The average Bonchev–Trinajstić information content (AvgIpc) is 2.75. The SMILES string of the molecule is C=C(C=O)C(O)c1cccnc1.COCc1ccc(Oc2cccc(Cl)c2)cc1. The van der Waals surface area contributed by atoms with Crippen LogP contribution in [-0.2, 0) is 16.1 Å². The van der Waals surface area contributed by atoms with Crippen molar-refractivity contribution in [3.8, 4) is 11.5 Å². The highest BCUT2D eigenvalue weighted by atomic mass is 35.5. The number of methoxy groups -OCH3 is 1. The van der Waals surface area contributed by atoms with Gasteiger partial charge in [0.25, 0.3) is 0 Å². The molecule has 3 rings (SSSR count). The second kappa shape index (κ2) is 11.8. The molecule has 0 saturated carbocycles. The fourth-order valence-corrected chi connectivity index (χ4v) is 2.48.